The van der Waals surface area contributed by atoms with Gasteiger partial charge in [-0.2, -0.15) is 13.2 Å². The Morgan fingerprint density at radius 3 is 2.55 bits per heavy atom. The Morgan fingerprint density at radius 2 is 1.93 bits per heavy atom. The minimum atomic E-state index is -4.60. The van der Waals surface area contributed by atoms with Gasteiger partial charge in [0.1, 0.15) is 17.7 Å². The number of hydrogen-bond acceptors (Lipinski definition) is 4. The van der Waals surface area contributed by atoms with Gasteiger partial charge in [0.15, 0.2) is 0 Å². The summed E-state index contributed by atoms with van der Waals surface area (Å²) >= 11 is 0. The molecule has 6 nitrogen and oxygen atoms in total. The summed E-state index contributed by atoms with van der Waals surface area (Å²) in [4.78, 5) is 30.2. The Balaban J connectivity index is 1.94. The molecular formula is C19H18F4N4O2. The first-order chi connectivity index (χ1) is 13.5. The van der Waals surface area contributed by atoms with Crippen molar-refractivity contribution in [2.24, 2.45) is 0 Å². The molecule has 154 valence electrons. The Bertz CT molecular complexity index is 977. The molecule has 1 N–H and O–H groups in total. The predicted molar refractivity (Wildman–Crippen MR) is 97.5 cm³/mol. The number of hydrogen-bond donors (Lipinski definition) is 1. The lowest BCUT2D eigenvalue weighted by Gasteiger charge is -2.28. The third kappa shape index (κ3) is 4.15. The van der Waals surface area contributed by atoms with Gasteiger partial charge >= 0.3 is 6.18 Å². The maximum absolute atomic E-state index is 13.5. The number of halogens is 4. The van der Waals surface area contributed by atoms with Crippen molar-refractivity contribution in [3.05, 3.63) is 53.0 Å². The van der Waals surface area contributed by atoms with Crippen LogP contribution in [0.4, 0.5) is 29.1 Å². The Hall–Kier alpha value is -3.17. The molecular weight excluding hydrogens is 392 g/mol. The van der Waals surface area contributed by atoms with Crippen molar-refractivity contribution < 1.29 is 27.2 Å². The maximum atomic E-state index is 13.5. The minimum Gasteiger partial charge on any atom is -0.314 e. The zero-order valence-electron chi connectivity index (χ0n) is 15.8. The average Bonchev–Trinajstić information content (AvgIpc) is 3.03. The second-order valence-corrected chi connectivity index (χ2v) is 6.81. The van der Waals surface area contributed by atoms with Crippen LogP contribution in [0.5, 0.6) is 0 Å². The van der Waals surface area contributed by atoms with Gasteiger partial charge < -0.3 is 4.90 Å². The van der Waals surface area contributed by atoms with E-state index < -0.39 is 35.4 Å². The number of aromatic nitrogens is 1. The number of anilines is 2. The summed E-state index contributed by atoms with van der Waals surface area (Å²) in [6.07, 6.45) is -4.85. The summed E-state index contributed by atoms with van der Waals surface area (Å²) < 4.78 is 52.9. The highest BCUT2D eigenvalue weighted by Gasteiger charge is 2.40. The minimum absolute atomic E-state index is 0.0877. The lowest BCUT2D eigenvalue weighted by Crippen LogP contribution is -2.48. The number of aryl methyl sites for hydroxylation is 2. The number of rotatable bonds is 3. The van der Waals surface area contributed by atoms with Crippen molar-refractivity contribution in [1.29, 1.82) is 0 Å². The molecule has 0 bridgehead atoms. The van der Waals surface area contributed by atoms with Gasteiger partial charge in [-0.15, -0.1) is 0 Å². The third-order valence-corrected chi connectivity index (χ3v) is 4.59. The smallest absolute Gasteiger partial charge is 0.314 e. The van der Waals surface area contributed by atoms with Crippen molar-refractivity contribution >= 4 is 23.3 Å². The van der Waals surface area contributed by atoms with Crippen LogP contribution < -0.4 is 15.3 Å². The van der Waals surface area contributed by atoms with Crippen LogP contribution in [0.25, 0.3) is 0 Å². The molecule has 1 aliphatic heterocycles. The molecule has 0 spiro atoms. The van der Waals surface area contributed by atoms with E-state index in [4.69, 9.17) is 0 Å². The van der Waals surface area contributed by atoms with E-state index in [1.165, 1.54) is 37.1 Å². The summed E-state index contributed by atoms with van der Waals surface area (Å²) in [5.41, 5.74) is 2.26. The molecule has 2 heterocycles. The number of nitrogens with one attached hydrogen (secondary N) is 1. The molecule has 0 saturated carbocycles. The van der Waals surface area contributed by atoms with Crippen LogP contribution >= 0.6 is 0 Å². The van der Waals surface area contributed by atoms with Gasteiger partial charge in [0.05, 0.1) is 12.0 Å². The number of hydrazine groups is 1. The van der Waals surface area contributed by atoms with E-state index >= 15 is 0 Å². The number of pyridine rings is 1. The third-order valence-electron chi connectivity index (χ3n) is 4.59. The summed E-state index contributed by atoms with van der Waals surface area (Å²) in [6, 6.07) is 4.64. The number of carbonyl (C=O) groups is 2. The van der Waals surface area contributed by atoms with Crippen molar-refractivity contribution in [3.8, 4) is 0 Å². The molecule has 1 fully saturated rings. The second-order valence-electron chi connectivity index (χ2n) is 6.81. The van der Waals surface area contributed by atoms with Crippen molar-refractivity contribution in [3.63, 3.8) is 0 Å². The lowest BCUT2D eigenvalue weighted by atomic mass is 10.1. The molecule has 0 aliphatic carbocycles. The first-order valence-corrected chi connectivity index (χ1v) is 8.65. The van der Waals surface area contributed by atoms with E-state index in [1.54, 1.807) is 6.92 Å². The SMILES string of the molecule is Cc1cc(C(F)(F)F)cc(N2NC(=O)CC2C(=O)N(C)c2ccc(F)c(C)c2)n1. The van der Waals surface area contributed by atoms with Gasteiger partial charge in [0.2, 0.25) is 5.91 Å². The molecule has 1 aromatic heterocycles. The molecule has 29 heavy (non-hydrogen) atoms. The van der Waals surface area contributed by atoms with Crippen molar-refractivity contribution in [1.82, 2.24) is 10.4 Å². The van der Waals surface area contributed by atoms with Crippen LogP contribution in [-0.2, 0) is 15.8 Å². The second kappa shape index (κ2) is 7.34. The van der Waals surface area contributed by atoms with E-state index in [9.17, 15) is 27.2 Å². The van der Waals surface area contributed by atoms with Crippen molar-refractivity contribution in [2.75, 3.05) is 17.0 Å². The normalized spacial score (nSPS) is 16.7. The molecule has 1 unspecified atom stereocenters. The van der Waals surface area contributed by atoms with Crippen LogP contribution in [-0.4, -0.2) is 29.9 Å². The number of amides is 2. The Morgan fingerprint density at radius 1 is 1.24 bits per heavy atom. The van der Waals surface area contributed by atoms with Crippen LogP contribution in [0.2, 0.25) is 0 Å². The van der Waals surface area contributed by atoms with Crippen molar-refractivity contribution in [2.45, 2.75) is 32.5 Å². The summed E-state index contributed by atoms with van der Waals surface area (Å²) in [6.45, 7) is 2.93. The zero-order valence-corrected chi connectivity index (χ0v) is 15.8. The van der Waals surface area contributed by atoms with Gasteiger partial charge in [0.25, 0.3) is 5.91 Å². The predicted octanol–water partition coefficient (Wildman–Crippen LogP) is 3.13. The molecule has 3 rings (SSSR count). The first-order valence-electron chi connectivity index (χ1n) is 8.65. The standard InChI is InChI=1S/C19H18F4N4O2/c1-10-6-13(4-5-14(10)20)26(3)18(29)15-9-17(28)25-27(15)16-8-12(19(21,22)23)7-11(2)24-16/h4-8,15H,9H2,1-3H3,(H,25,28). The molecule has 2 amide bonds. The molecule has 10 heteroatoms. The summed E-state index contributed by atoms with van der Waals surface area (Å²) in [5.74, 6) is -1.70. The highest BCUT2D eigenvalue weighted by Crippen LogP contribution is 2.33. The highest BCUT2D eigenvalue weighted by molar-refractivity contribution is 6.03. The number of carbonyl (C=O) groups excluding carboxylic acids is 2. The lowest BCUT2D eigenvalue weighted by molar-refractivity contribution is -0.137. The van der Waals surface area contributed by atoms with Crippen LogP contribution in [0.1, 0.15) is 23.2 Å². The van der Waals surface area contributed by atoms with Crippen LogP contribution in [0, 0.1) is 19.7 Å². The molecule has 1 atom stereocenters. The number of nitrogens with zero attached hydrogens (tertiary/aromatic N) is 3. The molecule has 0 radical (unpaired) electrons. The number of likely N-dealkylation sites (N-methyl/N-ethyl adjacent to an activating group) is 1. The highest BCUT2D eigenvalue weighted by atomic mass is 19.4. The van der Waals surface area contributed by atoms with E-state index in [1.807, 2.05) is 0 Å². The largest absolute Gasteiger partial charge is 0.416 e. The summed E-state index contributed by atoms with van der Waals surface area (Å²) in [5, 5.41) is 1.04. The topological polar surface area (TPSA) is 65.5 Å². The Labute approximate surface area is 164 Å². The van der Waals surface area contributed by atoms with E-state index in [0.29, 0.717) is 11.3 Å². The average molecular weight is 410 g/mol. The fourth-order valence-electron chi connectivity index (χ4n) is 3.07. The van der Waals surface area contributed by atoms with E-state index in [-0.39, 0.29) is 17.9 Å². The van der Waals surface area contributed by atoms with Gasteiger partial charge in [-0.25, -0.2) is 9.37 Å². The fourth-order valence-corrected chi connectivity index (χ4v) is 3.07. The Kier molecular flexibility index (Phi) is 5.20. The molecule has 1 saturated heterocycles. The zero-order chi connectivity index (χ0) is 21.5. The van der Waals surface area contributed by atoms with Crippen LogP contribution in [0.3, 0.4) is 0 Å². The van der Waals surface area contributed by atoms with Gasteiger partial charge in [-0.05, 0) is 49.7 Å². The monoisotopic (exact) mass is 410 g/mol. The maximum Gasteiger partial charge on any atom is 0.416 e. The van der Waals surface area contributed by atoms with Crippen LogP contribution in [0.15, 0.2) is 30.3 Å². The van der Waals surface area contributed by atoms with Gasteiger partial charge in [-0.1, -0.05) is 0 Å². The summed E-state index contributed by atoms with van der Waals surface area (Å²) in [7, 11) is 1.45. The van der Waals surface area contributed by atoms with E-state index in [2.05, 4.69) is 10.4 Å². The molecule has 1 aliphatic rings. The molecule has 1 aromatic carbocycles. The number of alkyl halides is 3. The fraction of sp³-hybridized carbons (Fsp3) is 0.316. The number of benzene rings is 1. The van der Waals surface area contributed by atoms with Gasteiger partial charge in [0, 0.05) is 18.4 Å². The first kappa shape index (κ1) is 20.6. The van der Waals surface area contributed by atoms with E-state index in [0.717, 1.165) is 17.1 Å². The molecule has 2 aromatic rings. The quantitative estimate of drug-likeness (QED) is 0.790. The van der Waals surface area contributed by atoms with Gasteiger partial charge in [-0.3, -0.25) is 20.0 Å².